The van der Waals surface area contributed by atoms with Gasteiger partial charge in [0, 0.05) is 23.9 Å². The van der Waals surface area contributed by atoms with Crippen molar-refractivity contribution in [1.82, 2.24) is 10.2 Å². The van der Waals surface area contributed by atoms with Crippen molar-refractivity contribution in [1.29, 1.82) is 5.26 Å². The SMILES string of the molecule is CC1=NC(N2CC[C@@H]3C(C)(C)C(=O)C(C#N)=C[C@@]3(C)C2)=CC2(CCCC2)N1. The van der Waals surface area contributed by atoms with Crippen LogP contribution in [-0.4, -0.2) is 35.1 Å². The zero-order chi connectivity index (χ0) is 19.4. The fourth-order valence-electron chi connectivity index (χ4n) is 6.04. The molecular weight excluding hydrogens is 336 g/mol. The van der Waals surface area contributed by atoms with E-state index in [1.807, 2.05) is 19.9 Å². The number of nitriles is 1. The van der Waals surface area contributed by atoms with E-state index in [0.29, 0.717) is 5.57 Å². The first-order valence-electron chi connectivity index (χ1n) is 10.2. The zero-order valence-corrected chi connectivity index (χ0v) is 16.9. The molecule has 0 radical (unpaired) electrons. The lowest BCUT2D eigenvalue weighted by atomic mass is 9.55. The van der Waals surface area contributed by atoms with E-state index in [0.717, 1.165) is 44.0 Å². The summed E-state index contributed by atoms with van der Waals surface area (Å²) < 4.78 is 0. The number of amidine groups is 1. The number of Topliss-reactive ketones (excluding diaryl/α,β-unsaturated/α-hetero) is 1. The molecule has 0 aromatic rings. The van der Waals surface area contributed by atoms with Gasteiger partial charge in [-0.15, -0.1) is 0 Å². The lowest BCUT2D eigenvalue weighted by Crippen LogP contribution is -2.56. The van der Waals surface area contributed by atoms with Gasteiger partial charge in [-0.1, -0.05) is 39.7 Å². The summed E-state index contributed by atoms with van der Waals surface area (Å²) in [4.78, 5) is 19.9. The van der Waals surface area contributed by atoms with E-state index in [9.17, 15) is 10.1 Å². The number of rotatable bonds is 1. The number of nitrogens with zero attached hydrogens (tertiary/aromatic N) is 3. The van der Waals surface area contributed by atoms with E-state index >= 15 is 0 Å². The van der Waals surface area contributed by atoms with Crippen molar-refractivity contribution >= 4 is 11.6 Å². The van der Waals surface area contributed by atoms with Crippen LogP contribution in [0.5, 0.6) is 0 Å². The summed E-state index contributed by atoms with van der Waals surface area (Å²) in [5, 5.41) is 13.1. The molecule has 5 heteroatoms. The highest BCUT2D eigenvalue weighted by Gasteiger charge is 2.53. The third kappa shape index (κ3) is 2.81. The number of allylic oxidation sites excluding steroid dienone is 1. The maximum absolute atomic E-state index is 12.7. The number of likely N-dealkylation sites (tertiary alicyclic amines) is 1. The summed E-state index contributed by atoms with van der Waals surface area (Å²) in [6, 6.07) is 2.15. The zero-order valence-electron chi connectivity index (χ0n) is 16.9. The Kier molecular flexibility index (Phi) is 4.03. The molecule has 5 nitrogen and oxygen atoms in total. The molecule has 1 saturated carbocycles. The highest BCUT2D eigenvalue weighted by Crippen LogP contribution is 2.52. The van der Waals surface area contributed by atoms with Gasteiger partial charge in [0.25, 0.3) is 0 Å². The lowest BCUT2D eigenvalue weighted by Gasteiger charge is -2.53. The molecule has 1 spiro atoms. The first-order valence-corrected chi connectivity index (χ1v) is 10.2. The number of carbonyl (C=O) groups is 1. The van der Waals surface area contributed by atoms with E-state index in [1.165, 1.54) is 12.8 Å². The Morgan fingerprint density at radius 2 is 1.96 bits per heavy atom. The van der Waals surface area contributed by atoms with Gasteiger partial charge in [0.05, 0.1) is 11.1 Å². The average molecular weight is 367 g/mol. The number of hydrogen-bond donors (Lipinski definition) is 1. The molecule has 2 aliphatic carbocycles. The molecule has 0 unspecified atom stereocenters. The molecule has 1 saturated heterocycles. The van der Waals surface area contributed by atoms with Crippen LogP contribution in [0.4, 0.5) is 0 Å². The topological polar surface area (TPSA) is 68.5 Å². The lowest BCUT2D eigenvalue weighted by molar-refractivity contribution is -0.131. The van der Waals surface area contributed by atoms with Crippen molar-refractivity contribution in [3.63, 3.8) is 0 Å². The molecule has 0 aromatic carbocycles. The van der Waals surface area contributed by atoms with Gasteiger partial charge < -0.3 is 10.2 Å². The van der Waals surface area contributed by atoms with Crippen molar-refractivity contribution < 1.29 is 4.79 Å². The Labute approximate surface area is 162 Å². The van der Waals surface area contributed by atoms with Crippen LogP contribution in [-0.2, 0) is 4.79 Å². The Hall–Kier alpha value is -2.09. The van der Waals surface area contributed by atoms with Crippen LogP contribution in [0.25, 0.3) is 0 Å². The van der Waals surface area contributed by atoms with E-state index in [1.54, 1.807) is 0 Å². The van der Waals surface area contributed by atoms with Gasteiger partial charge in [0.1, 0.15) is 17.7 Å². The quantitative estimate of drug-likeness (QED) is 0.770. The largest absolute Gasteiger partial charge is 0.365 e. The van der Waals surface area contributed by atoms with Crippen LogP contribution >= 0.6 is 0 Å². The fourth-order valence-corrected chi connectivity index (χ4v) is 6.04. The molecule has 2 aliphatic heterocycles. The van der Waals surface area contributed by atoms with Gasteiger partial charge >= 0.3 is 0 Å². The van der Waals surface area contributed by atoms with Crippen LogP contribution in [0.1, 0.15) is 59.8 Å². The summed E-state index contributed by atoms with van der Waals surface area (Å²) in [6.45, 7) is 10.00. The molecule has 4 aliphatic rings. The number of hydrogen-bond acceptors (Lipinski definition) is 5. The van der Waals surface area contributed by atoms with Crippen molar-refractivity contribution in [3.05, 3.63) is 23.5 Å². The van der Waals surface area contributed by atoms with Gasteiger partial charge in [-0.2, -0.15) is 5.26 Å². The minimum atomic E-state index is -0.491. The number of nitrogens with one attached hydrogen (secondary N) is 1. The van der Waals surface area contributed by atoms with E-state index < -0.39 is 5.41 Å². The Bertz CT molecular complexity index is 807. The maximum atomic E-state index is 12.7. The minimum Gasteiger partial charge on any atom is -0.365 e. The van der Waals surface area contributed by atoms with E-state index in [-0.39, 0.29) is 22.7 Å². The highest BCUT2D eigenvalue weighted by molar-refractivity contribution is 6.04. The summed E-state index contributed by atoms with van der Waals surface area (Å²) in [6.07, 6.45) is 10.1. The van der Waals surface area contributed by atoms with Crippen LogP contribution in [0.3, 0.4) is 0 Å². The van der Waals surface area contributed by atoms with Gasteiger partial charge in [0.2, 0.25) is 0 Å². The number of aliphatic imine (C=N–C) groups is 1. The van der Waals surface area contributed by atoms with Gasteiger partial charge in [0.15, 0.2) is 5.78 Å². The van der Waals surface area contributed by atoms with E-state index in [2.05, 4.69) is 36.2 Å². The van der Waals surface area contributed by atoms with Crippen LogP contribution in [0.2, 0.25) is 0 Å². The third-order valence-electron chi connectivity index (χ3n) is 7.25. The molecule has 2 fully saturated rings. The van der Waals surface area contributed by atoms with Gasteiger partial charge in [-0.3, -0.25) is 4.79 Å². The van der Waals surface area contributed by atoms with E-state index in [4.69, 9.17) is 4.99 Å². The number of fused-ring (bicyclic) bond motifs is 1. The average Bonchev–Trinajstić information content (AvgIpc) is 3.04. The Balaban J connectivity index is 1.68. The molecule has 4 rings (SSSR count). The predicted octanol–water partition coefficient (Wildman–Crippen LogP) is 3.55. The summed E-state index contributed by atoms with van der Waals surface area (Å²) >= 11 is 0. The molecule has 144 valence electrons. The number of piperidine rings is 1. The third-order valence-corrected chi connectivity index (χ3v) is 7.25. The van der Waals surface area contributed by atoms with Crippen molar-refractivity contribution in [2.24, 2.45) is 21.7 Å². The number of carbonyl (C=O) groups excluding carboxylic acids is 1. The molecule has 0 aromatic heterocycles. The molecular formula is C22H30N4O. The molecule has 2 heterocycles. The van der Waals surface area contributed by atoms with Crippen LogP contribution in [0.15, 0.2) is 28.5 Å². The van der Waals surface area contributed by atoms with Crippen molar-refractivity contribution in [2.75, 3.05) is 13.1 Å². The molecule has 0 amide bonds. The standard InChI is InChI=1S/C22H30N4O/c1-15-24-18(12-22(25-15)8-5-6-9-22)26-10-7-17-20(2,3)19(27)16(13-23)11-21(17,4)14-26/h11-12,17H,5-10,14H2,1-4H3,(H,24,25)/t17-,21+/m1/s1. The fraction of sp³-hybridized carbons (Fsp3) is 0.682. The minimum absolute atomic E-state index is 0.000723. The van der Waals surface area contributed by atoms with Crippen LogP contribution in [0, 0.1) is 28.1 Å². The van der Waals surface area contributed by atoms with Crippen molar-refractivity contribution in [2.45, 2.75) is 65.3 Å². The second kappa shape index (κ2) is 5.95. The Morgan fingerprint density at radius 3 is 2.63 bits per heavy atom. The number of ketones is 1. The second-order valence-electron chi connectivity index (χ2n) is 9.68. The second-order valence-corrected chi connectivity index (χ2v) is 9.68. The summed E-state index contributed by atoms with van der Waals surface area (Å²) in [5.41, 5.74) is -0.297. The summed E-state index contributed by atoms with van der Waals surface area (Å²) in [7, 11) is 0. The smallest absolute Gasteiger partial charge is 0.178 e. The van der Waals surface area contributed by atoms with Crippen LogP contribution < -0.4 is 5.32 Å². The predicted molar refractivity (Wildman–Crippen MR) is 106 cm³/mol. The molecule has 0 bridgehead atoms. The molecule has 2 atom stereocenters. The molecule has 1 N–H and O–H groups in total. The van der Waals surface area contributed by atoms with Gasteiger partial charge in [-0.05, 0) is 38.2 Å². The monoisotopic (exact) mass is 366 g/mol. The first-order chi connectivity index (χ1) is 12.7. The normalized spacial score (nSPS) is 34.2. The van der Waals surface area contributed by atoms with Gasteiger partial charge in [-0.25, -0.2) is 4.99 Å². The molecule has 27 heavy (non-hydrogen) atoms. The summed E-state index contributed by atoms with van der Waals surface area (Å²) in [5.74, 6) is 2.31. The first kappa shape index (κ1) is 18.3. The highest BCUT2D eigenvalue weighted by atomic mass is 16.1. The van der Waals surface area contributed by atoms with Crippen molar-refractivity contribution in [3.8, 4) is 6.07 Å². The Morgan fingerprint density at radius 1 is 1.26 bits per heavy atom. The maximum Gasteiger partial charge on any atom is 0.178 e.